The molecule has 0 fully saturated rings. The van der Waals surface area contributed by atoms with Gasteiger partial charge in [0.25, 0.3) is 5.91 Å². The van der Waals surface area contributed by atoms with E-state index < -0.39 is 0 Å². The SMILES string of the molecule is CCc1ccc(C(=O)N(CCCOC)CC(=O)N(CCc2ccc(OC)c(OC)c2)Cc2sccc2C)cc1. The number of aryl methyl sites for hydroxylation is 2. The van der Waals surface area contributed by atoms with Crippen LogP contribution < -0.4 is 9.47 Å². The number of ether oxygens (including phenoxy) is 3. The molecule has 0 saturated heterocycles. The zero-order valence-corrected chi connectivity index (χ0v) is 24.5. The van der Waals surface area contributed by atoms with E-state index in [1.165, 1.54) is 5.56 Å². The molecule has 0 spiro atoms. The van der Waals surface area contributed by atoms with Gasteiger partial charge >= 0.3 is 0 Å². The molecular formula is C31H40N2O5S. The zero-order valence-electron chi connectivity index (χ0n) is 23.7. The lowest BCUT2D eigenvalue weighted by atomic mass is 10.1. The largest absolute Gasteiger partial charge is 0.493 e. The van der Waals surface area contributed by atoms with Gasteiger partial charge in [-0.15, -0.1) is 11.3 Å². The maximum Gasteiger partial charge on any atom is 0.254 e. The number of benzene rings is 2. The summed E-state index contributed by atoms with van der Waals surface area (Å²) in [6.45, 7) is 6.12. The highest BCUT2D eigenvalue weighted by Gasteiger charge is 2.23. The molecule has 3 aromatic rings. The molecule has 0 atom stereocenters. The summed E-state index contributed by atoms with van der Waals surface area (Å²) in [5.41, 5.74) is 3.95. The second-order valence-corrected chi connectivity index (χ2v) is 10.4. The molecule has 1 heterocycles. The predicted octanol–water partition coefficient (Wildman–Crippen LogP) is 5.39. The topological polar surface area (TPSA) is 68.3 Å². The molecule has 2 aromatic carbocycles. The summed E-state index contributed by atoms with van der Waals surface area (Å²) in [5.74, 6) is 1.10. The molecular weight excluding hydrogens is 512 g/mol. The minimum Gasteiger partial charge on any atom is -0.493 e. The number of thiophene rings is 1. The Hall–Kier alpha value is -3.36. The summed E-state index contributed by atoms with van der Waals surface area (Å²) in [6, 6.07) is 15.5. The van der Waals surface area contributed by atoms with Gasteiger partial charge in [0.05, 0.1) is 20.8 Å². The van der Waals surface area contributed by atoms with Gasteiger partial charge in [0.15, 0.2) is 11.5 Å². The quantitative estimate of drug-likeness (QED) is 0.237. The molecule has 0 aliphatic rings. The number of hydrogen-bond acceptors (Lipinski definition) is 6. The molecule has 0 radical (unpaired) electrons. The molecule has 0 N–H and O–H groups in total. The van der Waals surface area contributed by atoms with Crippen LogP contribution in [0.15, 0.2) is 53.9 Å². The first-order chi connectivity index (χ1) is 18.9. The number of carbonyl (C=O) groups is 2. The average Bonchev–Trinajstić information content (AvgIpc) is 3.37. The first-order valence-corrected chi connectivity index (χ1v) is 14.2. The summed E-state index contributed by atoms with van der Waals surface area (Å²) in [6.07, 6.45) is 2.20. The Balaban J connectivity index is 1.80. The third-order valence-corrected chi connectivity index (χ3v) is 7.78. The standard InChI is InChI=1S/C31H40N2O5S/c1-6-24-8-11-26(12-9-24)31(35)33(16-7-18-36-3)22-30(34)32(21-29-23(2)15-19-39-29)17-14-25-10-13-27(37-4)28(20-25)38-5/h8-13,15,19-20H,6-7,14,16-18,21-22H2,1-5H3. The van der Waals surface area contributed by atoms with Crippen LogP contribution in [0.25, 0.3) is 0 Å². The van der Waals surface area contributed by atoms with Crippen molar-refractivity contribution in [2.75, 3.05) is 47.6 Å². The van der Waals surface area contributed by atoms with E-state index in [0.29, 0.717) is 56.1 Å². The van der Waals surface area contributed by atoms with Crippen molar-refractivity contribution in [3.63, 3.8) is 0 Å². The lowest BCUT2D eigenvalue weighted by Gasteiger charge is -2.28. The Labute approximate surface area is 236 Å². The van der Waals surface area contributed by atoms with E-state index in [0.717, 1.165) is 22.4 Å². The average molecular weight is 553 g/mol. The number of hydrogen-bond donors (Lipinski definition) is 0. The fourth-order valence-corrected chi connectivity index (χ4v) is 5.23. The normalized spacial score (nSPS) is 10.8. The lowest BCUT2D eigenvalue weighted by molar-refractivity contribution is -0.132. The summed E-state index contributed by atoms with van der Waals surface area (Å²) >= 11 is 1.64. The van der Waals surface area contributed by atoms with Gasteiger partial charge < -0.3 is 24.0 Å². The van der Waals surface area contributed by atoms with Crippen LogP contribution in [-0.4, -0.2) is 69.2 Å². The summed E-state index contributed by atoms with van der Waals surface area (Å²) in [5, 5.41) is 2.04. The second kappa shape index (κ2) is 15.3. The van der Waals surface area contributed by atoms with E-state index in [1.807, 2.05) is 52.7 Å². The van der Waals surface area contributed by atoms with E-state index >= 15 is 0 Å². The van der Waals surface area contributed by atoms with Gasteiger partial charge in [-0.3, -0.25) is 9.59 Å². The molecule has 39 heavy (non-hydrogen) atoms. The van der Waals surface area contributed by atoms with Gasteiger partial charge in [0, 0.05) is 37.2 Å². The van der Waals surface area contributed by atoms with Crippen molar-refractivity contribution < 1.29 is 23.8 Å². The number of methoxy groups -OCH3 is 3. The Kier molecular flexibility index (Phi) is 11.8. The van der Waals surface area contributed by atoms with Crippen LogP contribution in [0, 0.1) is 6.92 Å². The molecule has 0 bridgehead atoms. The van der Waals surface area contributed by atoms with Crippen molar-refractivity contribution in [3.8, 4) is 11.5 Å². The van der Waals surface area contributed by atoms with E-state index in [9.17, 15) is 9.59 Å². The molecule has 3 rings (SSSR count). The van der Waals surface area contributed by atoms with Crippen LogP contribution >= 0.6 is 11.3 Å². The van der Waals surface area contributed by atoms with Crippen molar-refractivity contribution in [2.45, 2.75) is 39.7 Å². The van der Waals surface area contributed by atoms with Gasteiger partial charge in [-0.25, -0.2) is 0 Å². The molecule has 2 amide bonds. The Morgan fingerprint density at radius 1 is 0.872 bits per heavy atom. The van der Waals surface area contributed by atoms with E-state index in [4.69, 9.17) is 14.2 Å². The molecule has 1 aromatic heterocycles. The van der Waals surface area contributed by atoms with E-state index in [2.05, 4.69) is 19.9 Å². The van der Waals surface area contributed by atoms with Gasteiger partial charge in [-0.1, -0.05) is 25.1 Å². The number of amides is 2. The molecule has 8 heteroatoms. The third kappa shape index (κ3) is 8.57. The van der Waals surface area contributed by atoms with Gasteiger partial charge in [0.2, 0.25) is 5.91 Å². The third-order valence-electron chi connectivity index (χ3n) is 6.77. The molecule has 0 unspecified atom stereocenters. The fourth-order valence-electron chi connectivity index (χ4n) is 4.31. The second-order valence-electron chi connectivity index (χ2n) is 9.40. The van der Waals surface area contributed by atoms with E-state index in [1.54, 1.807) is 37.6 Å². The minimum atomic E-state index is -0.144. The van der Waals surface area contributed by atoms with Crippen molar-refractivity contribution in [3.05, 3.63) is 81.0 Å². The zero-order chi connectivity index (χ0) is 28.2. The molecule has 0 aliphatic carbocycles. The van der Waals surface area contributed by atoms with Crippen LogP contribution in [0.1, 0.15) is 45.3 Å². The van der Waals surface area contributed by atoms with Crippen molar-refractivity contribution in [2.24, 2.45) is 0 Å². The Morgan fingerprint density at radius 2 is 1.59 bits per heavy atom. The van der Waals surface area contributed by atoms with Crippen LogP contribution in [0.5, 0.6) is 11.5 Å². The first-order valence-electron chi connectivity index (χ1n) is 13.3. The number of carbonyl (C=O) groups excluding carboxylic acids is 2. The van der Waals surface area contributed by atoms with E-state index in [-0.39, 0.29) is 18.4 Å². The summed E-state index contributed by atoms with van der Waals surface area (Å²) in [4.78, 5) is 31.9. The van der Waals surface area contributed by atoms with Crippen LogP contribution in [0.4, 0.5) is 0 Å². The summed E-state index contributed by atoms with van der Waals surface area (Å²) in [7, 11) is 4.86. The van der Waals surface area contributed by atoms with Gasteiger partial charge in [-0.05, 0) is 78.6 Å². The molecule has 7 nitrogen and oxygen atoms in total. The minimum absolute atomic E-state index is 0.00837. The highest BCUT2D eigenvalue weighted by molar-refractivity contribution is 7.10. The van der Waals surface area contributed by atoms with Crippen molar-refractivity contribution >= 4 is 23.2 Å². The van der Waals surface area contributed by atoms with Crippen molar-refractivity contribution in [1.82, 2.24) is 9.80 Å². The van der Waals surface area contributed by atoms with Crippen LogP contribution in [0.3, 0.4) is 0 Å². The van der Waals surface area contributed by atoms with Crippen molar-refractivity contribution in [1.29, 1.82) is 0 Å². The van der Waals surface area contributed by atoms with Gasteiger partial charge in [0.1, 0.15) is 6.54 Å². The number of nitrogens with zero attached hydrogens (tertiary/aromatic N) is 2. The summed E-state index contributed by atoms with van der Waals surface area (Å²) < 4.78 is 16.0. The maximum atomic E-state index is 13.8. The van der Waals surface area contributed by atoms with Crippen LogP contribution in [-0.2, 0) is 28.9 Å². The van der Waals surface area contributed by atoms with Crippen LogP contribution in [0.2, 0.25) is 0 Å². The predicted molar refractivity (Wildman–Crippen MR) is 156 cm³/mol. The molecule has 210 valence electrons. The fraction of sp³-hybridized carbons (Fsp3) is 0.419. The molecule has 0 aliphatic heterocycles. The lowest BCUT2D eigenvalue weighted by Crippen LogP contribution is -2.44. The number of rotatable bonds is 15. The monoisotopic (exact) mass is 552 g/mol. The highest BCUT2D eigenvalue weighted by Crippen LogP contribution is 2.28. The first kappa shape index (κ1) is 30.2. The Morgan fingerprint density at radius 3 is 2.21 bits per heavy atom. The van der Waals surface area contributed by atoms with Gasteiger partial charge in [-0.2, -0.15) is 0 Å². The molecule has 0 saturated carbocycles. The maximum absolute atomic E-state index is 13.8. The smallest absolute Gasteiger partial charge is 0.254 e. The highest BCUT2D eigenvalue weighted by atomic mass is 32.1. The Bertz CT molecular complexity index is 1210.